The maximum Gasteiger partial charge on any atom is 0.0702 e. The van der Waals surface area contributed by atoms with Crippen LogP contribution in [-0.4, -0.2) is 11.4 Å². The Hall–Kier alpha value is -3.00. The zero-order valence-electron chi connectivity index (χ0n) is 24.0. The summed E-state index contributed by atoms with van der Waals surface area (Å²) < 4.78 is 0. The molecule has 0 aliphatic heterocycles. The van der Waals surface area contributed by atoms with Crippen LogP contribution < -0.4 is 0 Å². The molecule has 0 aromatic heterocycles. The van der Waals surface area contributed by atoms with Crippen LogP contribution in [0.25, 0.3) is 0 Å². The van der Waals surface area contributed by atoms with Crippen LogP contribution in [0.2, 0.25) is 0 Å². The molecule has 0 bridgehead atoms. The number of hydrogen-bond donors (Lipinski definition) is 0. The van der Waals surface area contributed by atoms with Crippen LogP contribution in [0.15, 0.2) is 70.6 Å². The second-order valence-electron chi connectivity index (χ2n) is 11.2. The molecule has 0 spiro atoms. The van der Waals surface area contributed by atoms with Gasteiger partial charge in [-0.15, -0.1) is 0 Å². The van der Waals surface area contributed by atoms with Gasteiger partial charge in [0.2, 0.25) is 0 Å². The number of para-hydroxylation sites is 2. The normalized spacial score (nSPS) is 12.9. The Labute approximate surface area is 219 Å². The molecule has 190 valence electrons. The van der Waals surface area contributed by atoms with Crippen molar-refractivity contribution in [1.82, 2.24) is 0 Å². The van der Waals surface area contributed by atoms with Crippen molar-refractivity contribution >= 4 is 22.8 Å². The molecule has 2 nitrogen and oxygen atoms in total. The van der Waals surface area contributed by atoms with Crippen LogP contribution in [0.1, 0.15) is 126 Å². The molecule has 0 heterocycles. The van der Waals surface area contributed by atoms with Gasteiger partial charge in [0.05, 0.1) is 11.4 Å². The third kappa shape index (κ3) is 6.22. The van der Waals surface area contributed by atoms with Gasteiger partial charge in [-0.1, -0.05) is 110 Å². The van der Waals surface area contributed by atoms with Crippen LogP contribution in [-0.2, 0) is 0 Å². The Morgan fingerprint density at radius 3 is 1.03 bits per heavy atom. The van der Waals surface area contributed by atoms with E-state index in [1.54, 1.807) is 0 Å². The number of hydrogen-bond acceptors (Lipinski definition) is 2. The maximum absolute atomic E-state index is 5.21. The van der Waals surface area contributed by atoms with Crippen LogP contribution in [0.4, 0.5) is 11.4 Å². The summed E-state index contributed by atoms with van der Waals surface area (Å²) in [6, 6.07) is 21.9. The molecule has 0 amide bonds. The predicted molar refractivity (Wildman–Crippen MR) is 159 cm³/mol. The van der Waals surface area contributed by atoms with Crippen LogP contribution in [0.3, 0.4) is 0 Å². The van der Waals surface area contributed by atoms with Crippen LogP contribution in [0.5, 0.6) is 0 Å². The molecule has 0 saturated carbocycles. The highest BCUT2D eigenvalue weighted by Gasteiger charge is 2.16. The molecular formula is C34H44N2. The third-order valence-corrected chi connectivity index (χ3v) is 6.94. The average molecular weight is 481 g/mol. The molecular weight excluding hydrogens is 436 g/mol. The number of nitrogens with zero attached hydrogens (tertiary/aromatic N) is 2. The molecule has 0 N–H and O–H groups in total. The van der Waals surface area contributed by atoms with E-state index in [1.165, 1.54) is 22.3 Å². The van der Waals surface area contributed by atoms with Gasteiger partial charge in [0, 0.05) is 11.4 Å². The highest BCUT2D eigenvalue weighted by Crippen LogP contribution is 2.36. The van der Waals surface area contributed by atoms with E-state index in [2.05, 4.69) is 130 Å². The first-order valence-electron chi connectivity index (χ1n) is 13.5. The fourth-order valence-corrected chi connectivity index (χ4v) is 4.72. The molecule has 0 radical (unpaired) electrons. The summed E-state index contributed by atoms with van der Waals surface area (Å²) in [7, 11) is 0. The predicted octanol–water partition coefficient (Wildman–Crippen LogP) is 10.5. The van der Waals surface area contributed by atoms with E-state index in [9.17, 15) is 0 Å². The molecule has 0 fully saturated rings. The second-order valence-corrected chi connectivity index (χ2v) is 11.2. The van der Waals surface area contributed by atoms with Gasteiger partial charge >= 0.3 is 0 Å². The van der Waals surface area contributed by atoms with Crippen molar-refractivity contribution in [2.24, 2.45) is 9.98 Å². The Kier molecular flexibility index (Phi) is 9.06. The number of rotatable bonds is 8. The third-order valence-electron chi connectivity index (χ3n) is 6.94. The molecule has 0 aliphatic carbocycles. The van der Waals surface area contributed by atoms with Gasteiger partial charge in [-0.2, -0.15) is 0 Å². The number of aliphatic imine (C=N–C) groups is 2. The zero-order chi connectivity index (χ0) is 26.6. The monoisotopic (exact) mass is 480 g/mol. The van der Waals surface area contributed by atoms with Gasteiger partial charge in [-0.25, -0.2) is 0 Å². The Balaban J connectivity index is 2.08. The molecule has 36 heavy (non-hydrogen) atoms. The highest BCUT2D eigenvalue weighted by molar-refractivity contribution is 6.05. The first kappa shape index (κ1) is 27.6. The summed E-state index contributed by atoms with van der Waals surface area (Å²) in [5, 5.41) is 0. The standard InChI is InChI=1S/C34H44N2/c1-21(2)29-16-12-17-30(22(3)4)33(29)35-25(9)27-14-11-15-28(20-27)26(10)36-34-31(23(5)6)18-13-19-32(34)24(7)8/h11-24H,1-10H3/b35-25+,36-26+. The molecule has 0 aliphatic rings. The van der Waals surface area contributed by atoms with E-state index in [4.69, 9.17) is 9.98 Å². The number of benzene rings is 3. The molecule has 0 atom stereocenters. The van der Waals surface area contributed by atoms with Crippen molar-refractivity contribution in [2.75, 3.05) is 0 Å². The van der Waals surface area contributed by atoms with E-state index in [1.807, 2.05) is 0 Å². The molecule has 0 unspecified atom stereocenters. The van der Waals surface area contributed by atoms with E-state index in [0.717, 1.165) is 33.9 Å². The van der Waals surface area contributed by atoms with E-state index in [0.29, 0.717) is 23.7 Å². The molecule has 3 aromatic rings. The summed E-state index contributed by atoms with van der Waals surface area (Å²) in [6.45, 7) is 22.2. The Morgan fingerprint density at radius 1 is 0.472 bits per heavy atom. The largest absolute Gasteiger partial charge is 0.253 e. The lowest BCUT2D eigenvalue weighted by atomic mass is 9.92. The van der Waals surface area contributed by atoms with Gasteiger partial charge in [-0.3, -0.25) is 9.98 Å². The van der Waals surface area contributed by atoms with Gasteiger partial charge in [0.15, 0.2) is 0 Å². The van der Waals surface area contributed by atoms with Crippen LogP contribution in [0, 0.1) is 0 Å². The molecule has 3 rings (SSSR count). The second kappa shape index (κ2) is 11.8. The first-order valence-corrected chi connectivity index (χ1v) is 13.5. The zero-order valence-corrected chi connectivity index (χ0v) is 24.0. The lowest BCUT2D eigenvalue weighted by Gasteiger charge is -2.18. The van der Waals surface area contributed by atoms with E-state index >= 15 is 0 Å². The van der Waals surface area contributed by atoms with Crippen molar-refractivity contribution < 1.29 is 0 Å². The van der Waals surface area contributed by atoms with Gasteiger partial charge < -0.3 is 0 Å². The van der Waals surface area contributed by atoms with Gasteiger partial charge in [-0.05, 0) is 77.0 Å². The fraction of sp³-hybridized carbons (Fsp3) is 0.412. The van der Waals surface area contributed by atoms with E-state index < -0.39 is 0 Å². The maximum atomic E-state index is 5.21. The summed E-state index contributed by atoms with van der Waals surface area (Å²) in [4.78, 5) is 10.4. The van der Waals surface area contributed by atoms with Crippen molar-refractivity contribution in [3.63, 3.8) is 0 Å². The Morgan fingerprint density at radius 2 is 0.750 bits per heavy atom. The van der Waals surface area contributed by atoms with Crippen molar-refractivity contribution in [3.8, 4) is 0 Å². The smallest absolute Gasteiger partial charge is 0.0702 e. The molecule has 0 saturated heterocycles. The topological polar surface area (TPSA) is 24.7 Å². The quantitative estimate of drug-likeness (QED) is 0.286. The SMILES string of the molecule is C/C(=N\c1c(C(C)C)cccc1C(C)C)c1cccc(/C(C)=N/c2c(C(C)C)cccc2C(C)C)c1. The lowest BCUT2D eigenvalue weighted by molar-refractivity contribution is 0.834. The average Bonchev–Trinajstić information content (AvgIpc) is 2.83. The highest BCUT2D eigenvalue weighted by atomic mass is 14.8. The summed E-state index contributed by atoms with van der Waals surface area (Å²) in [6.07, 6.45) is 0. The minimum absolute atomic E-state index is 0.423. The fourth-order valence-electron chi connectivity index (χ4n) is 4.72. The summed E-state index contributed by atoms with van der Waals surface area (Å²) in [5.74, 6) is 1.69. The molecule has 3 aromatic carbocycles. The van der Waals surface area contributed by atoms with Crippen molar-refractivity contribution in [2.45, 2.75) is 92.9 Å². The van der Waals surface area contributed by atoms with Crippen LogP contribution >= 0.6 is 0 Å². The van der Waals surface area contributed by atoms with Gasteiger partial charge in [0.25, 0.3) is 0 Å². The summed E-state index contributed by atoms with van der Waals surface area (Å²) >= 11 is 0. The lowest BCUT2D eigenvalue weighted by Crippen LogP contribution is -2.02. The first-order chi connectivity index (χ1) is 17.0. The molecule has 2 heteroatoms. The van der Waals surface area contributed by atoms with Crippen molar-refractivity contribution in [3.05, 3.63) is 94.0 Å². The Bertz CT molecular complexity index is 1110. The minimum atomic E-state index is 0.423. The minimum Gasteiger partial charge on any atom is -0.253 e. The van der Waals surface area contributed by atoms with Crippen molar-refractivity contribution in [1.29, 1.82) is 0 Å². The summed E-state index contributed by atoms with van der Waals surface area (Å²) in [5.41, 5.74) is 11.8. The van der Waals surface area contributed by atoms with E-state index in [-0.39, 0.29) is 0 Å². The van der Waals surface area contributed by atoms with Gasteiger partial charge in [0.1, 0.15) is 0 Å².